The molecular weight excluding hydrogens is 254 g/mol. The maximum Gasteiger partial charge on any atom is 0.160 e. The van der Waals surface area contributed by atoms with Crippen LogP contribution in [-0.2, 0) is 11.2 Å². The summed E-state index contributed by atoms with van der Waals surface area (Å²) in [6.07, 6.45) is 2.69. The maximum absolute atomic E-state index is 6.20. The highest BCUT2D eigenvalue weighted by molar-refractivity contribution is 5.43. The van der Waals surface area contributed by atoms with Crippen molar-refractivity contribution in [1.29, 1.82) is 0 Å². The molecule has 0 aliphatic rings. The van der Waals surface area contributed by atoms with E-state index in [1.807, 2.05) is 18.2 Å². The molecule has 0 aliphatic heterocycles. The smallest absolute Gasteiger partial charge is 0.160 e. The fourth-order valence-electron chi connectivity index (χ4n) is 2.05. The third-order valence-corrected chi connectivity index (χ3v) is 3.62. The molecule has 1 rings (SSSR count). The van der Waals surface area contributed by atoms with E-state index >= 15 is 0 Å². The zero-order valence-electron chi connectivity index (χ0n) is 13.2. The molecule has 20 heavy (non-hydrogen) atoms. The van der Waals surface area contributed by atoms with Crippen LogP contribution in [-0.4, -0.2) is 33.0 Å². The van der Waals surface area contributed by atoms with Crippen LogP contribution in [0.1, 0.15) is 32.3 Å². The molecule has 4 heteroatoms. The van der Waals surface area contributed by atoms with Crippen LogP contribution in [0.5, 0.6) is 11.5 Å². The number of rotatable bonds is 8. The number of ether oxygens (including phenoxy) is 3. The largest absolute Gasteiger partial charge is 0.493 e. The summed E-state index contributed by atoms with van der Waals surface area (Å²) in [6, 6.07) is 6.05. The summed E-state index contributed by atoms with van der Waals surface area (Å²) in [7, 11) is 5.01. The average Bonchev–Trinajstić information content (AvgIpc) is 2.45. The quantitative estimate of drug-likeness (QED) is 0.796. The molecule has 4 nitrogen and oxygen atoms in total. The second-order valence-electron chi connectivity index (χ2n) is 5.66. The first-order chi connectivity index (χ1) is 9.41. The normalized spacial score (nSPS) is 13.1. The van der Waals surface area contributed by atoms with Crippen LogP contribution in [0, 0.1) is 0 Å². The molecule has 114 valence electrons. The Morgan fingerprint density at radius 3 is 2.30 bits per heavy atom. The van der Waals surface area contributed by atoms with E-state index in [1.54, 1.807) is 21.3 Å². The van der Waals surface area contributed by atoms with Gasteiger partial charge in [0.15, 0.2) is 11.5 Å². The molecule has 0 bridgehead atoms. The SMILES string of the molecule is COc1ccc(CC(N)CCC(C)(C)OC)cc1OC. The molecule has 1 atom stereocenters. The Hall–Kier alpha value is -1.26. The van der Waals surface area contributed by atoms with Crippen LogP contribution in [0.15, 0.2) is 18.2 Å². The molecule has 1 unspecified atom stereocenters. The van der Waals surface area contributed by atoms with Crippen molar-refractivity contribution in [3.8, 4) is 11.5 Å². The summed E-state index contributed by atoms with van der Waals surface area (Å²) < 4.78 is 15.9. The van der Waals surface area contributed by atoms with Crippen LogP contribution >= 0.6 is 0 Å². The second kappa shape index (κ2) is 7.50. The van der Waals surface area contributed by atoms with Gasteiger partial charge in [-0.1, -0.05) is 6.07 Å². The molecule has 0 heterocycles. The van der Waals surface area contributed by atoms with Crippen molar-refractivity contribution in [3.63, 3.8) is 0 Å². The summed E-state index contributed by atoms with van der Waals surface area (Å²) in [4.78, 5) is 0. The molecule has 2 N–H and O–H groups in total. The highest BCUT2D eigenvalue weighted by atomic mass is 16.5. The van der Waals surface area contributed by atoms with Crippen LogP contribution in [0.25, 0.3) is 0 Å². The lowest BCUT2D eigenvalue weighted by atomic mass is 9.95. The molecule has 1 aromatic carbocycles. The van der Waals surface area contributed by atoms with Crippen LogP contribution in [0.3, 0.4) is 0 Å². The van der Waals surface area contributed by atoms with Gasteiger partial charge < -0.3 is 19.9 Å². The predicted octanol–water partition coefficient (Wildman–Crippen LogP) is 2.78. The summed E-state index contributed by atoms with van der Waals surface area (Å²) in [5.74, 6) is 1.49. The predicted molar refractivity (Wildman–Crippen MR) is 81.5 cm³/mol. The van der Waals surface area contributed by atoms with E-state index < -0.39 is 0 Å². The molecule has 0 spiro atoms. The van der Waals surface area contributed by atoms with Gasteiger partial charge in [-0.2, -0.15) is 0 Å². The first-order valence-corrected chi connectivity index (χ1v) is 6.93. The molecule has 0 saturated heterocycles. The van der Waals surface area contributed by atoms with Crippen LogP contribution in [0.2, 0.25) is 0 Å². The van der Waals surface area contributed by atoms with Crippen molar-refractivity contribution < 1.29 is 14.2 Å². The van der Waals surface area contributed by atoms with Crippen molar-refractivity contribution in [1.82, 2.24) is 0 Å². The van der Waals surface area contributed by atoms with E-state index in [1.165, 1.54) is 0 Å². The zero-order chi connectivity index (χ0) is 15.2. The first kappa shape index (κ1) is 16.8. The Bertz CT molecular complexity index is 418. The molecular formula is C16H27NO3. The number of nitrogens with two attached hydrogens (primary N) is 1. The molecule has 0 aromatic heterocycles. The summed E-state index contributed by atoms with van der Waals surface area (Å²) in [5.41, 5.74) is 7.24. The third-order valence-electron chi connectivity index (χ3n) is 3.62. The number of benzene rings is 1. The summed E-state index contributed by atoms with van der Waals surface area (Å²) in [5, 5.41) is 0. The number of hydrogen-bond acceptors (Lipinski definition) is 4. The molecule has 0 saturated carbocycles. The van der Waals surface area contributed by atoms with Crippen LogP contribution < -0.4 is 15.2 Å². The zero-order valence-corrected chi connectivity index (χ0v) is 13.2. The average molecular weight is 281 g/mol. The monoisotopic (exact) mass is 281 g/mol. The number of hydrogen-bond donors (Lipinski definition) is 1. The molecule has 0 aliphatic carbocycles. The lowest BCUT2D eigenvalue weighted by molar-refractivity contribution is 0.0125. The maximum atomic E-state index is 6.20. The Morgan fingerprint density at radius 1 is 1.10 bits per heavy atom. The van der Waals surface area contributed by atoms with E-state index in [4.69, 9.17) is 19.9 Å². The van der Waals surface area contributed by atoms with E-state index in [2.05, 4.69) is 13.8 Å². The lowest BCUT2D eigenvalue weighted by Gasteiger charge is -2.24. The van der Waals surface area contributed by atoms with Crippen molar-refractivity contribution in [2.75, 3.05) is 21.3 Å². The topological polar surface area (TPSA) is 53.7 Å². The minimum Gasteiger partial charge on any atom is -0.493 e. The van der Waals surface area contributed by atoms with Gasteiger partial charge in [0, 0.05) is 13.2 Å². The first-order valence-electron chi connectivity index (χ1n) is 6.93. The van der Waals surface area contributed by atoms with Gasteiger partial charge in [-0.25, -0.2) is 0 Å². The Kier molecular flexibility index (Phi) is 6.30. The Labute approximate surface area is 122 Å². The van der Waals surface area contributed by atoms with Gasteiger partial charge in [0.2, 0.25) is 0 Å². The van der Waals surface area contributed by atoms with Gasteiger partial charge in [-0.05, 0) is 50.8 Å². The van der Waals surface area contributed by atoms with Crippen molar-refractivity contribution in [3.05, 3.63) is 23.8 Å². The van der Waals surface area contributed by atoms with E-state index in [0.717, 1.165) is 36.3 Å². The third kappa shape index (κ3) is 5.02. The van der Waals surface area contributed by atoms with Crippen molar-refractivity contribution in [2.45, 2.75) is 44.8 Å². The fraction of sp³-hybridized carbons (Fsp3) is 0.625. The van der Waals surface area contributed by atoms with E-state index in [0.29, 0.717) is 0 Å². The highest BCUT2D eigenvalue weighted by Crippen LogP contribution is 2.28. The van der Waals surface area contributed by atoms with Gasteiger partial charge in [0.25, 0.3) is 0 Å². The van der Waals surface area contributed by atoms with Crippen molar-refractivity contribution in [2.24, 2.45) is 5.73 Å². The molecule has 1 aromatic rings. The lowest BCUT2D eigenvalue weighted by Crippen LogP contribution is -2.29. The second-order valence-corrected chi connectivity index (χ2v) is 5.66. The van der Waals surface area contributed by atoms with Gasteiger partial charge in [0.05, 0.1) is 19.8 Å². The fourth-order valence-corrected chi connectivity index (χ4v) is 2.05. The molecule has 0 fully saturated rings. The number of methoxy groups -OCH3 is 3. The van der Waals surface area contributed by atoms with Gasteiger partial charge in [0.1, 0.15) is 0 Å². The van der Waals surface area contributed by atoms with E-state index in [-0.39, 0.29) is 11.6 Å². The van der Waals surface area contributed by atoms with E-state index in [9.17, 15) is 0 Å². The highest BCUT2D eigenvalue weighted by Gasteiger charge is 2.18. The molecule has 0 radical (unpaired) electrons. The van der Waals surface area contributed by atoms with Crippen molar-refractivity contribution >= 4 is 0 Å². The standard InChI is InChI=1S/C16H27NO3/c1-16(2,20-5)9-8-13(17)10-12-6-7-14(18-3)15(11-12)19-4/h6-7,11,13H,8-10,17H2,1-5H3. The minimum absolute atomic E-state index is 0.113. The summed E-state index contributed by atoms with van der Waals surface area (Å²) >= 11 is 0. The minimum atomic E-state index is -0.116. The summed E-state index contributed by atoms with van der Waals surface area (Å²) in [6.45, 7) is 4.16. The van der Waals surface area contributed by atoms with Gasteiger partial charge in [-0.15, -0.1) is 0 Å². The Balaban J connectivity index is 2.60. The van der Waals surface area contributed by atoms with Gasteiger partial charge in [-0.3, -0.25) is 0 Å². The molecule has 0 amide bonds. The van der Waals surface area contributed by atoms with Crippen LogP contribution in [0.4, 0.5) is 0 Å². The Morgan fingerprint density at radius 2 is 1.75 bits per heavy atom. The van der Waals surface area contributed by atoms with Gasteiger partial charge >= 0.3 is 0 Å².